The molecule has 1 unspecified atom stereocenters. The minimum atomic E-state index is -0.254. The molecule has 24 heavy (non-hydrogen) atoms. The summed E-state index contributed by atoms with van der Waals surface area (Å²) in [7, 11) is 0. The summed E-state index contributed by atoms with van der Waals surface area (Å²) in [6.07, 6.45) is 6.53. The van der Waals surface area contributed by atoms with Crippen molar-refractivity contribution in [1.29, 1.82) is 0 Å². The van der Waals surface area contributed by atoms with Crippen LogP contribution in [0, 0.1) is 0 Å². The van der Waals surface area contributed by atoms with Gasteiger partial charge in [0.15, 0.2) is 0 Å². The maximum atomic E-state index is 12.2. The minimum Gasteiger partial charge on any atom is -0.488 e. The number of rotatable bonds is 3. The molecule has 2 heterocycles. The predicted molar refractivity (Wildman–Crippen MR) is 91.9 cm³/mol. The molecule has 0 bridgehead atoms. The first-order valence-corrected chi connectivity index (χ1v) is 8.41. The first-order chi connectivity index (χ1) is 11.6. The zero-order valence-corrected chi connectivity index (χ0v) is 14.5. The molecular weight excluding hydrogens is 326 g/mol. The number of ether oxygens (including phenoxy) is 1. The highest BCUT2D eigenvalue weighted by Crippen LogP contribution is 2.36. The van der Waals surface area contributed by atoms with E-state index in [4.69, 9.17) is 16.3 Å². The Morgan fingerprint density at radius 3 is 2.62 bits per heavy atom. The number of aromatic nitrogens is 2. The summed E-state index contributed by atoms with van der Waals surface area (Å²) in [4.78, 5) is 22.7. The van der Waals surface area contributed by atoms with Crippen LogP contribution in [0.15, 0.2) is 42.9 Å². The Morgan fingerprint density at radius 2 is 2.00 bits per heavy atom. The van der Waals surface area contributed by atoms with Gasteiger partial charge < -0.3 is 9.64 Å². The molecular formula is C18H20ClN3O2. The molecule has 6 heteroatoms. The summed E-state index contributed by atoms with van der Waals surface area (Å²) in [5.41, 5.74) is 0.748. The van der Waals surface area contributed by atoms with E-state index in [0.717, 1.165) is 24.3 Å². The van der Waals surface area contributed by atoms with Crippen LogP contribution in [0.5, 0.6) is 5.75 Å². The maximum absolute atomic E-state index is 12.2. The van der Waals surface area contributed by atoms with Crippen LogP contribution in [-0.2, 0) is 4.79 Å². The molecule has 0 N–H and O–H groups in total. The Kier molecular flexibility index (Phi) is 5.00. The molecule has 1 aliphatic rings. The number of benzene rings is 1. The summed E-state index contributed by atoms with van der Waals surface area (Å²) in [6.45, 7) is 3.65. The van der Waals surface area contributed by atoms with Crippen molar-refractivity contribution in [2.24, 2.45) is 0 Å². The number of carbonyl (C=O) groups excluding carboxylic acids is 1. The van der Waals surface area contributed by atoms with Gasteiger partial charge >= 0.3 is 0 Å². The fraction of sp³-hybridized carbons (Fsp3) is 0.389. The number of halogens is 1. The zero-order valence-electron chi connectivity index (χ0n) is 13.7. The molecule has 0 spiro atoms. The van der Waals surface area contributed by atoms with E-state index in [1.807, 2.05) is 17.0 Å². The SMILES string of the molecule is CC(=O)N1C(c2cnccn2)[C@H](Oc2ccc(Cl)cc2)CC[C@@H]1C. The third-order valence-electron chi connectivity index (χ3n) is 4.35. The van der Waals surface area contributed by atoms with Crippen LogP contribution in [0.1, 0.15) is 38.4 Å². The number of hydrogen-bond acceptors (Lipinski definition) is 4. The summed E-state index contributed by atoms with van der Waals surface area (Å²) < 4.78 is 6.19. The standard InChI is InChI=1S/C18H20ClN3O2/c1-12-3-8-17(24-15-6-4-14(19)5-7-15)18(22(12)13(2)23)16-11-20-9-10-21-16/h4-7,9-12,17-18H,3,8H2,1-2H3/t12-,17+,18?/m0/s1. The van der Waals surface area contributed by atoms with E-state index >= 15 is 0 Å². The van der Waals surface area contributed by atoms with E-state index in [1.165, 1.54) is 0 Å². The molecule has 3 atom stereocenters. The average molecular weight is 346 g/mol. The van der Waals surface area contributed by atoms with Crippen molar-refractivity contribution < 1.29 is 9.53 Å². The highest BCUT2D eigenvalue weighted by molar-refractivity contribution is 6.30. The van der Waals surface area contributed by atoms with Gasteiger partial charge in [0.05, 0.1) is 11.9 Å². The molecule has 0 aliphatic carbocycles. The highest BCUT2D eigenvalue weighted by atomic mass is 35.5. The summed E-state index contributed by atoms with van der Waals surface area (Å²) >= 11 is 5.94. The average Bonchev–Trinajstić information content (AvgIpc) is 2.58. The molecule has 2 aromatic rings. The van der Waals surface area contributed by atoms with Crippen LogP contribution in [0.25, 0.3) is 0 Å². The maximum Gasteiger partial charge on any atom is 0.220 e. The van der Waals surface area contributed by atoms with E-state index in [9.17, 15) is 4.79 Å². The molecule has 0 saturated carbocycles. The van der Waals surface area contributed by atoms with Crippen LogP contribution >= 0.6 is 11.6 Å². The lowest BCUT2D eigenvalue weighted by Crippen LogP contribution is -2.51. The van der Waals surface area contributed by atoms with Crippen molar-refractivity contribution >= 4 is 17.5 Å². The Balaban J connectivity index is 1.93. The summed E-state index contributed by atoms with van der Waals surface area (Å²) in [6, 6.07) is 7.15. The van der Waals surface area contributed by atoms with Gasteiger partial charge in [0.1, 0.15) is 17.9 Å². The lowest BCUT2D eigenvalue weighted by atomic mass is 9.91. The number of piperidine rings is 1. The Labute approximate surface area is 146 Å². The number of likely N-dealkylation sites (tertiary alicyclic amines) is 1. The van der Waals surface area contributed by atoms with Crippen LogP contribution in [0.2, 0.25) is 5.02 Å². The minimum absolute atomic E-state index is 0.0163. The topological polar surface area (TPSA) is 55.3 Å². The fourth-order valence-corrected chi connectivity index (χ4v) is 3.40. The number of nitrogens with zero attached hydrogens (tertiary/aromatic N) is 3. The van der Waals surface area contributed by atoms with E-state index in [2.05, 4.69) is 16.9 Å². The molecule has 1 aliphatic heterocycles. The first kappa shape index (κ1) is 16.7. The van der Waals surface area contributed by atoms with E-state index in [-0.39, 0.29) is 24.1 Å². The number of carbonyl (C=O) groups is 1. The van der Waals surface area contributed by atoms with Gasteiger partial charge in [0.25, 0.3) is 0 Å². The van der Waals surface area contributed by atoms with E-state index in [1.54, 1.807) is 37.6 Å². The van der Waals surface area contributed by atoms with E-state index in [0.29, 0.717) is 5.02 Å². The lowest BCUT2D eigenvalue weighted by Gasteiger charge is -2.44. The zero-order chi connectivity index (χ0) is 17.1. The Morgan fingerprint density at radius 1 is 1.25 bits per heavy atom. The van der Waals surface area contributed by atoms with Crippen LogP contribution < -0.4 is 4.74 Å². The van der Waals surface area contributed by atoms with Gasteiger partial charge in [-0.1, -0.05) is 11.6 Å². The van der Waals surface area contributed by atoms with Gasteiger partial charge in [-0.25, -0.2) is 0 Å². The summed E-state index contributed by atoms with van der Waals surface area (Å²) in [5.74, 6) is 0.749. The van der Waals surface area contributed by atoms with Gasteiger partial charge in [-0.3, -0.25) is 14.8 Å². The molecule has 3 rings (SSSR count). The third-order valence-corrected chi connectivity index (χ3v) is 4.60. The largest absolute Gasteiger partial charge is 0.488 e. The van der Waals surface area contributed by atoms with Crippen molar-refractivity contribution in [3.8, 4) is 5.75 Å². The Bertz CT molecular complexity index is 693. The monoisotopic (exact) mass is 345 g/mol. The van der Waals surface area contributed by atoms with Crippen molar-refractivity contribution in [1.82, 2.24) is 14.9 Å². The molecule has 1 aromatic heterocycles. The quantitative estimate of drug-likeness (QED) is 0.852. The third kappa shape index (κ3) is 3.51. The molecule has 1 saturated heterocycles. The highest BCUT2D eigenvalue weighted by Gasteiger charge is 2.40. The second-order valence-electron chi connectivity index (χ2n) is 6.04. The lowest BCUT2D eigenvalue weighted by molar-refractivity contribution is -0.140. The second-order valence-corrected chi connectivity index (χ2v) is 6.47. The number of amides is 1. The van der Waals surface area contributed by atoms with Gasteiger partial charge in [0.2, 0.25) is 5.91 Å². The molecule has 1 aromatic carbocycles. The van der Waals surface area contributed by atoms with Crippen LogP contribution in [0.4, 0.5) is 0 Å². The van der Waals surface area contributed by atoms with Gasteiger partial charge in [-0.2, -0.15) is 0 Å². The smallest absolute Gasteiger partial charge is 0.220 e. The van der Waals surface area contributed by atoms with Crippen LogP contribution in [0.3, 0.4) is 0 Å². The molecule has 0 radical (unpaired) electrons. The fourth-order valence-electron chi connectivity index (χ4n) is 3.27. The first-order valence-electron chi connectivity index (χ1n) is 8.03. The van der Waals surface area contributed by atoms with Crippen molar-refractivity contribution in [2.75, 3.05) is 0 Å². The van der Waals surface area contributed by atoms with Crippen molar-refractivity contribution in [3.63, 3.8) is 0 Å². The van der Waals surface area contributed by atoms with Crippen molar-refractivity contribution in [3.05, 3.63) is 53.6 Å². The van der Waals surface area contributed by atoms with E-state index < -0.39 is 0 Å². The van der Waals surface area contributed by atoms with Crippen molar-refractivity contribution in [2.45, 2.75) is 44.9 Å². The van der Waals surface area contributed by atoms with Gasteiger partial charge in [-0.15, -0.1) is 0 Å². The Hall–Kier alpha value is -2.14. The normalized spacial score (nSPS) is 23.8. The molecule has 126 valence electrons. The number of hydrogen-bond donors (Lipinski definition) is 0. The molecule has 5 nitrogen and oxygen atoms in total. The second kappa shape index (κ2) is 7.18. The van der Waals surface area contributed by atoms with Gasteiger partial charge in [-0.05, 0) is 44.0 Å². The predicted octanol–water partition coefficient (Wildman–Crippen LogP) is 3.65. The van der Waals surface area contributed by atoms with Gasteiger partial charge in [0, 0.05) is 30.4 Å². The molecule has 1 fully saturated rings. The van der Waals surface area contributed by atoms with Crippen LogP contribution in [-0.4, -0.2) is 32.9 Å². The molecule has 1 amide bonds. The summed E-state index contributed by atoms with van der Waals surface area (Å²) in [5, 5.41) is 0.662.